The van der Waals surface area contributed by atoms with Gasteiger partial charge in [-0.25, -0.2) is 0 Å². The van der Waals surface area contributed by atoms with E-state index in [1.165, 1.54) is 0 Å². The van der Waals surface area contributed by atoms with Crippen LogP contribution in [0.2, 0.25) is 0 Å². The zero-order valence-corrected chi connectivity index (χ0v) is 42.2. The Kier molecular flexibility index (Phi) is 42.7. The number of allylic oxidation sites excluding steroid dienone is 25. The first kappa shape index (κ1) is 61.6. The van der Waals surface area contributed by atoms with Crippen LogP contribution in [0.25, 0.3) is 0 Å². The second-order valence-corrected chi connectivity index (χ2v) is 17.8. The summed E-state index contributed by atoms with van der Waals surface area (Å²) in [4.78, 5) is 37.6. The maximum absolute atomic E-state index is 12.7. The molecule has 0 aliphatic rings. The molecular weight excluding hydrogens is 846 g/mol. The van der Waals surface area contributed by atoms with Crippen molar-refractivity contribution in [3.05, 3.63) is 158 Å². The molecule has 10 heteroatoms. The molecule has 0 aliphatic heterocycles. The Bertz CT molecular complexity index is 1670. The average Bonchev–Trinajstić information content (AvgIpc) is 3.27. The standard InChI is InChI=1S/C56H86NO8P/c1-6-8-10-12-14-16-18-20-22-23-24-25-26-27-28-29-30-31-32-33-35-37-39-41-43-45-47-49-56(59)65-54(53-64-66(60,61)63-51-50-57(3,4)5)52-62-55(58)48-46-44-42-40-38-36-34-21-19-17-15-13-11-9-7-2/h8-11,14-17,20-22,24-25,27-28,30-31,33-35,38-41,44,46,54H,6-7,12-13,18-19,23,26,29,32,36-37,42-43,45,47-53H2,1-5H3/b10-8-,11-9-,16-14-,17-15-,22-20-,25-24-,28-27-,31-30-,34-21-,35-33-,40-38-,41-39-,46-44-. The molecule has 0 aromatic heterocycles. The second-order valence-electron chi connectivity index (χ2n) is 16.4. The van der Waals surface area contributed by atoms with E-state index < -0.39 is 32.5 Å². The Hall–Kier alpha value is -4.37. The molecule has 2 unspecified atom stereocenters. The summed E-state index contributed by atoms with van der Waals surface area (Å²) in [6.45, 7) is 3.79. The molecule has 0 saturated carbocycles. The number of hydrogen-bond acceptors (Lipinski definition) is 8. The molecule has 66 heavy (non-hydrogen) atoms. The SMILES string of the molecule is CC/C=C\C/C=C\C/C=C\C/C=C\C/C=C\C/C=C\C/C=C\C/C=C\CCCCC(=O)OC(COC(=O)C/C=C\C/C=C\C/C=C\C/C=C\C/C=C\CC)COP(=O)([O-])OCC[N+](C)(C)C. The van der Waals surface area contributed by atoms with Crippen molar-refractivity contribution in [2.75, 3.05) is 47.5 Å². The van der Waals surface area contributed by atoms with Gasteiger partial charge in [0.05, 0.1) is 34.2 Å². The molecule has 0 aliphatic carbocycles. The summed E-state index contributed by atoms with van der Waals surface area (Å²) in [7, 11) is 1.06. The fourth-order valence-corrected chi connectivity index (χ4v) is 6.12. The van der Waals surface area contributed by atoms with Gasteiger partial charge in [0.2, 0.25) is 0 Å². The number of esters is 2. The second kappa shape index (κ2) is 45.8. The van der Waals surface area contributed by atoms with Gasteiger partial charge in [0, 0.05) is 6.42 Å². The van der Waals surface area contributed by atoms with Crippen molar-refractivity contribution in [3.8, 4) is 0 Å². The molecule has 9 nitrogen and oxygen atoms in total. The fourth-order valence-electron chi connectivity index (χ4n) is 5.39. The molecule has 0 spiro atoms. The van der Waals surface area contributed by atoms with Crippen molar-refractivity contribution in [3.63, 3.8) is 0 Å². The third-order valence-corrected chi connectivity index (χ3v) is 10.0. The van der Waals surface area contributed by atoms with Gasteiger partial charge in [-0.05, 0) is 103 Å². The third-order valence-electron chi connectivity index (χ3n) is 9.08. The lowest BCUT2D eigenvalue weighted by molar-refractivity contribution is -0.870. The minimum Gasteiger partial charge on any atom is -0.756 e. The number of ether oxygens (including phenoxy) is 2. The smallest absolute Gasteiger partial charge is 0.309 e. The summed E-state index contributed by atoms with van der Waals surface area (Å²) in [5.74, 6) is -1.05. The highest BCUT2D eigenvalue weighted by atomic mass is 31.2. The van der Waals surface area contributed by atoms with Crippen LogP contribution in [-0.4, -0.2) is 70.0 Å². The molecule has 0 amide bonds. The number of likely N-dealkylation sites (N-methyl/N-ethyl adjacent to an activating group) is 1. The van der Waals surface area contributed by atoms with Crippen LogP contribution in [0.1, 0.15) is 129 Å². The average molecular weight is 932 g/mol. The van der Waals surface area contributed by atoms with E-state index in [0.29, 0.717) is 23.9 Å². The highest BCUT2D eigenvalue weighted by Gasteiger charge is 2.21. The van der Waals surface area contributed by atoms with Gasteiger partial charge in [-0.1, -0.05) is 172 Å². The first-order valence-electron chi connectivity index (χ1n) is 24.2. The van der Waals surface area contributed by atoms with Crippen LogP contribution in [-0.2, 0) is 32.7 Å². The lowest BCUT2D eigenvalue weighted by atomic mass is 10.2. The number of rotatable bonds is 41. The molecule has 0 aromatic rings. The molecule has 368 valence electrons. The van der Waals surface area contributed by atoms with E-state index in [0.717, 1.165) is 89.9 Å². The van der Waals surface area contributed by atoms with Gasteiger partial charge in [-0.3, -0.25) is 14.2 Å². The lowest BCUT2D eigenvalue weighted by Crippen LogP contribution is -2.37. The lowest BCUT2D eigenvalue weighted by Gasteiger charge is -2.28. The minimum atomic E-state index is -4.67. The van der Waals surface area contributed by atoms with Crippen molar-refractivity contribution in [2.45, 2.75) is 136 Å². The Labute approximate surface area is 401 Å². The van der Waals surface area contributed by atoms with Gasteiger partial charge in [-0.2, -0.15) is 0 Å². The van der Waals surface area contributed by atoms with Crippen molar-refractivity contribution in [1.29, 1.82) is 0 Å². The van der Waals surface area contributed by atoms with Crippen LogP contribution in [0, 0.1) is 0 Å². The number of quaternary nitrogens is 1. The largest absolute Gasteiger partial charge is 0.756 e. The Morgan fingerprint density at radius 1 is 0.485 bits per heavy atom. The van der Waals surface area contributed by atoms with E-state index in [2.05, 4.69) is 154 Å². The van der Waals surface area contributed by atoms with Crippen molar-refractivity contribution in [1.82, 2.24) is 0 Å². The topological polar surface area (TPSA) is 111 Å². The normalized spacial score (nSPS) is 14.8. The molecular formula is C56H86NO8P. The van der Waals surface area contributed by atoms with E-state index in [1.807, 2.05) is 33.3 Å². The summed E-state index contributed by atoms with van der Waals surface area (Å²) in [6.07, 6.45) is 68.9. The number of hydrogen-bond donors (Lipinski definition) is 0. The summed E-state index contributed by atoms with van der Waals surface area (Å²) >= 11 is 0. The van der Waals surface area contributed by atoms with Crippen molar-refractivity contribution < 1.29 is 42.1 Å². The highest BCUT2D eigenvalue weighted by Crippen LogP contribution is 2.38. The molecule has 0 heterocycles. The molecule has 0 fully saturated rings. The maximum Gasteiger partial charge on any atom is 0.309 e. The molecule has 0 rings (SSSR count). The Morgan fingerprint density at radius 3 is 1.23 bits per heavy atom. The number of phosphoric acid groups is 1. The van der Waals surface area contributed by atoms with Crippen molar-refractivity contribution in [2.24, 2.45) is 0 Å². The first-order chi connectivity index (χ1) is 32.0. The number of carbonyl (C=O) groups excluding carboxylic acids is 2. The highest BCUT2D eigenvalue weighted by molar-refractivity contribution is 7.45. The van der Waals surface area contributed by atoms with E-state index >= 15 is 0 Å². The van der Waals surface area contributed by atoms with Crippen molar-refractivity contribution >= 4 is 19.8 Å². The van der Waals surface area contributed by atoms with Gasteiger partial charge in [0.15, 0.2) is 6.10 Å². The van der Waals surface area contributed by atoms with E-state index in [9.17, 15) is 19.0 Å². The van der Waals surface area contributed by atoms with E-state index in [1.54, 1.807) is 6.08 Å². The molecule has 0 radical (unpaired) electrons. The number of carbonyl (C=O) groups is 2. The quantitative estimate of drug-likeness (QED) is 0.0196. The molecule has 0 N–H and O–H groups in total. The van der Waals surface area contributed by atoms with Crippen LogP contribution in [0.15, 0.2) is 158 Å². The predicted molar refractivity (Wildman–Crippen MR) is 277 cm³/mol. The van der Waals surface area contributed by atoms with Gasteiger partial charge in [0.1, 0.15) is 19.8 Å². The summed E-state index contributed by atoms with van der Waals surface area (Å²) in [6, 6.07) is 0. The number of phosphoric ester groups is 1. The predicted octanol–water partition coefficient (Wildman–Crippen LogP) is 13.9. The van der Waals surface area contributed by atoms with Crippen LogP contribution in [0.3, 0.4) is 0 Å². The van der Waals surface area contributed by atoms with E-state index in [4.69, 9.17) is 18.5 Å². The van der Waals surface area contributed by atoms with Crippen LogP contribution < -0.4 is 4.89 Å². The van der Waals surface area contributed by atoms with Crippen LogP contribution in [0.5, 0.6) is 0 Å². The Balaban J connectivity index is 4.51. The van der Waals surface area contributed by atoms with Gasteiger partial charge < -0.3 is 27.9 Å². The minimum absolute atomic E-state index is 0.0239. The van der Waals surface area contributed by atoms with E-state index in [-0.39, 0.29) is 26.1 Å². The summed E-state index contributed by atoms with van der Waals surface area (Å²) in [5.41, 5.74) is 0. The summed E-state index contributed by atoms with van der Waals surface area (Å²) in [5, 5.41) is 0. The first-order valence-corrected chi connectivity index (χ1v) is 25.7. The molecule has 2 atom stereocenters. The zero-order valence-electron chi connectivity index (χ0n) is 41.3. The van der Waals surface area contributed by atoms with Crippen LogP contribution in [0.4, 0.5) is 0 Å². The fraction of sp³-hybridized carbons (Fsp3) is 0.500. The number of unbranched alkanes of at least 4 members (excludes halogenated alkanes) is 2. The zero-order chi connectivity index (χ0) is 48.5. The van der Waals surface area contributed by atoms with Crippen LogP contribution >= 0.6 is 7.82 Å². The summed E-state index contributed by atoms with van der Waals surface area (Å²) < 4.78 is 33.8. The Morgan fingerprint density at radius 2 is 0.848 bits per heavy atom. The number of nitrogens with zero attached hydrogens (tertiary/aromatic N) is 1. The van der Waals surface area contributed by atoms with Gasteiger partial charge in [-0.15, -0.1) is 0 Å². The van der Waals surface area contributed by atoms with Gasteiger partial charge in [0.25, 0.3) is 7.82 Å². The molecule has 0 saturated heterocycles. The van der Waals surface area contributed by atoms with Gasteiger partial charge >= 0.3 is 11.9 Å². The monoisotopic (exact) mass is 932 g/mol. The third kappa shape index (κ3) is 49.1. The molecule has 0 bridgehead atoms. The molecule has 0 aromatic carbocycles. The maximum atomic E-state index is 12.7.